The second-order valence-electron chi connectivity index (χ2n) is 4.09. The third kappa shape index (κ3) is 2.65. The predicted molar refractivity (Wildman–Crippen MR) is 81.5 cm³/mol. The van der Waals surface area contributed by atoms with Crippen molar-refractivity contribution >= 4 is 22.6 Å². The predicted octanol–water partition coefficient (Wildman–Crippen LogP) is 2.99. The first-order chi connectivity index (χ1) is 9.34. The zero-order valence-electron chi connectivity index (χ0n) is 10.1. The maximum atomic E-state index is 4.31. The standard InChI is InChI=1S/C14H11IN4/c15-14-13(12-8-4-5-9-16-12)17-18-19(14)10-11-6-2-1-3-7-11/h1-9H,10H2. The van der Waals surface area contributed by atoms with Crippen molar-refractivity contribution in [1.82, 2.24) is 20.0 Å². The number of nitrogens with zero attached hydrogens (tertiary/aromatic N) is 4. The van der Waals surface area contributed by atoms with Gasteiger partial charge in [-0.15, -0.1) is 5.10 Å². The van der Waals surface area contributed by atoms with Crippen LogP contribution in [-0.2, 0) is 6.54 Å². The van der Waals surface area contributed by atoms with Crippen LogP contribution >= 0.6 is 22.6 Å². The van der Waals surface area contributed by atoms with Crippen LogP contribution < -0.4 is 0 Å². The average Bonchev–Trinajstić information content (AvgIpc) is 2.82. The molecule has 0 atom stereocenters. The van der Waals surface area contributed by atoms with Crippen LogP contribution in [0.3, 0.4) is 0 Å². The van der Waals surface area contributed by atoms with Crippen molar-refractivity contribution in [2.24, 2.45) is 0 Å². The van der Waals surface area contributed by atoms with Crippen LogP contribution in [0.5, 0.6) is 0 Å². The highest BCUT2D eigenvalue weighted by atomic mass is 127. The lowest BCUT2D eigenvalue weighted by Crippen LogP contribution is -2.03. The normalized spacial score (nSPS) is 10.6. The Labute approximate surface area is 124 Å². The molecule has 5 heteroatoms. The Bertz CT molecular complexity index is 664. The lowest BCUT2D eigenvalue weighted by atomic mass is 10.2. The Morgan fingerprint density at radius 1 is 1.00 bits per heavy atom. The minimum absolute atomic E-state index is 0.721. The lowest BCUT2D eigenvalue weighted by Gasteiger charge is -2.02. The molecule has 19 heavy (non-hydrogen) atoms. The molecule has 94 valence electrons. The fourth-order valence-electron chi connectivity index (χ4n) is 1.82. The molecule has 0 bridgehead atoms. The fourth-order valence-corrected chi connectivity index (χ4v) is 2.47. The number of hydrogen-bond acceptors (Lipinski definition) is 3. The molecule has 0 unspecified atom stereocenters. The highest BCUT2D eigenvalue weighted by Crippen LogP contribution is 2.20. The summed E-state index contributed by atoms with van der Waals surface area (Å²) < 4.78 is 2.89. The quantitative estimate of drug-likeness (QED) is 0.673. The van der Waals surface area contributed by atoms with Gasteiger partial charge < -0.3 is 0 Å². The summed E-state index contributed by atoms with van der Waals surface area (Å²) in [6, 6.07) is 16.0. The van der Waals surface area contributed by atoms with Crippen molar-refractivity contribution in [3.05, 3.63) is 64.0 Å². The van der Waals surface area contributed by atoms with E-state index >= 15 is 0 Å². The summed E-state index contributed by atoms with van der Waals surface area (Å²) in [4.78, 5) is 4.31. The number of halogens is 1. The summed E-state index contributed by atoms with van der Waals surface area (Å²) in [7, 11) is 0. The third-order valence-corrected chi connectivity index (χ3v) is 3.83. The molecular weight excluding hydrogens is 351 g/mol. The van der Waals surface area contributed by atoms with Gasteiger partial charge >= 0.3 is 0 Å². The number of hydrogen-bond donors (Lipinski definition) is 0. The molecular formula is C14H11IN4. The molecule has 0 fully saturated rings. The molecule has 1 aromatic carbocycles. The van der Waals surface area contributed by atoms with Crippen molar-refractivity contribution in [1.29, 1.82) is 0 Å². The molecule has 0 aliphatic carbocycles. The minimum atomic E-state index is 0.721. The van der Waals surface area contributed by atoms with E-state index < -0.39 is 0 Å². The topological polar surface area (TPSA) is 43.6 Å². The first-order valence-electron chi connectivity index (χ1n) is 5.89. The van der Waals surface area contributed by atoms with Crippen LogP contribution in [0.2, 0.25) is 0 Å². The summed E-state index contributed by atoms with van der Waals surface area (Å²) >= 11 is 2.26. The van der Waals surface area contributed by atoms with E-state index in [1.807, 2.05) is 41.1 Å². The first kappa shape index (κ1) is 12.3. The molecule has 2 heterocycles. The highest BCUT2D eigenvalue weighted by molar-refractivity contribution is 14.1. The SMILES string of the molecule is Ic1c(-c2ccccn2)nnn1Cc1ccccc1. The van der Waals surface area contributed by atoms with E-state index in [0.29, 0.717) is 0 Å². The van der Waals surface area contributed by atoms with E-state index in [1.165, 1.54) is 5.56 Å². The van der Waals surface area contributed by atoms with Gasteiger partial charge in [0.05, 0.1) is 12.2 Å². The average molecular weight is 362 g/mol. The van der Waals surface area contributed by atoms with Gasteiger partial charge in [-0.25, -0.2) is 4.68 Å². The van der Waals surface area contributed by atoms with Crippen LogP contribution in [0.25, 0.3) is 11.4 Å². The molecule has 0 aliphatic rings. The molecule has 0 radical (unpaired) electrons. The second-order valence-corrected chi connectivity index (χ2v) is 5.11. The zero-order chi connectivity index (χ0) is 13.1. The maximum absolute atomic E-state index is 4.31. The molecule has 3 aromatic rings. The van der Waals surface area contributed by atoms with Crippen LogP contribution in [-0.4, -0.2) is 20.0 Å². The zero-order valence-corrected chi connectivity index (χ0v) is 12.2. The summed E-state index contributed by atoms with van der Waals surface area (Å²) in [6.45, 7) is 0.721. The van der Waals surface area contributed by atoms with Gasteiger partial charge in [0.25, 0.3) is 0 Å². The minimum Gasteiger partial charge on any atom is -0.254 e. The van der Waals surface area contributed by atoms with Gasteiger partial charge in [0.1, 0.15) is 9.39 Å². The van der Waals surface area contributed by atoms with Gasteiger partial charge in [-0.3, -0.25) is 4.98 Å². The molecule has 2 aromatic heterocycles. The molecule has 0 saturated heterocycles. The summed E-state index contributed by atoms with van der Waals surface area (Å²) in [6.07, 6.45) is 1.77. The van der Waals surface area contributed by atoms with Crippen molar-refractivity contribution in [3.8, 4) is 11.4 Å². The largest absolute Gasteiger partial charge is 0.254 e. The number of aromatic nitrogens is 4. The van der Waals surface area contributed by atoms with Gasteiger partial charge in [0, 0.05) is 6.20 Å². The van der Waals surface area contributed by atoms with E-state index in [4.69, 9.17) is 0 Å². The number of rotatable bonds is 3. The number of benzene rings is 1. The fraction of sp³-hybridized carbons (Fsp3) is 0.0714. The molecule has 3 rings (SSSR count). The molecule has 4 nitrogen and oxygen atoms in total. The highest BCUT2D eigenvalue weighted by Gasteiger charge is 2.12. The summed E-state index contributed by atoms with van der Waals surface area (Å²) in [5.74, 6) is 0. The lowest BCUT2D eigenvalue weighted by molar-refractivity contribution is 0.636. The Morgan fingerprint density at radius 2 is 1.79 bits per heavy atom. The van der Waals surface area contributed by atoms with Crippen molar-refractivity contribution in [3.63, 3.8) is 0 Å². The Hall–Kier alpha value is -1.76. The van der Waals surface area contributed by atoms with Gasteiger partial charge in [0.2, 0.25) is 0 Å². The van der Waals surface area contributed by atoms with Crippen LogP contribution in [0.1, 0.15) is 5.56 Å². The third-order valence-electron chi connectivity index (χ3n) is 2.76. The van der Waals surface area contributed by atoms with Crippen LogP contribution in [0.4, 0.5) is 0 Å². The van der Waals surface area contributed by atoms with Gasteiger partial charge in [-0.2, -0.15) is 0 Å². The van der Waals surface area contributed by atoms with E-state index in [2.05, 4.69) is 50.0 Å². The van der Waals surface area contributed by atoms with Gasteiger partial charge in [-0.05, 0) is 40.3 Å². The Morgan fingerprint density at radius 3 is 2.53 bits per heavy atom. The summed E-state index contributed by atoms with van der Waals surface area (Å²) in [5.41, 5.74) is 2.89. The van der Waals surface area contributed by atoms with E-state index in [-0.39, 0.29) is 0 Å². The molecule has 0 aliphatic heterocycles. The van der Waals surface area contributed by atoms with Crippen molar-refractivity contribution in [2.75, 3.05) is 0 Å². The molecule has 0 amide bonds. The van der Waals surface area contributed by atoms with E-state index in [1.54, 1.807) is 6.20 Å². The molecule has 0 saturated carbocycles. The van der Waals surface area contributed by atoms with Gasteiger partial charge in [-0.1, -0.05) is 41.6 Å². The first-order valence-corrected chi connectivity index (χ1v) is 6.97. The molecule has 0 N–H and O–H groups in total. The van der Waals surface area contributed by atoms with E-state index in [9.17, 15) is 0 Å². The Balaban J connectivity index is 1.92. The smallest absolute Gasteiger partial charge is 0.144 e. The second kappa shape index (κ2) is 5.48. The van der Waals surface area contributed by atoms with Crippen LogP contribution in [0, 0.1) is 3.70 Å². The van der Waals surface area contributed by atoms with Gasteiger partial charge in [0.15, 0.2) is 0 Å². The van der Waals surface area contributed by atoms with Crippen molar-refractivity contribution < 1.29 is 0 Å². The number of pyridine rings is 1. The Kier molecular flexibility index (Phi) is 3.54. The van der Waals surface area contributed by atoms with E-state index in [0.717, 1.165) is 21.6 Å². The van der Waals surface area contributed by atoms with Crippen molar-refractivity contribution in [2.45, 2.75) is 6.54 Å². The monoisotopic (exact) mass is 362 g/mol. The molecule has 0 spiro atoms. The summed E-state index contributed by atoms with van der Waals surface area (Å²) in [5, 5.41) is 8.43. The van der Waals surface area contributed by atoms with Crippen LogP contribution in [0.15, 0.2) is 54.7 Å². The maximum Gasteiger partial charge on any atom is 0.144 e.